The van der Waals surface area contributed by atoms with Gasteiger partial charge in [0.25, 0.3) is 0 Å². The van der Waals surface area contributed by atoms with Crippen molar-refractivity contribution in [2.24, 2.45) is 5.16 Å². The van der Waals surface area contributed by atoms with E-state index in [-0.39, 0.29) is 24.6 Å². The van der Waals surface area contributed by atoms with Crippen molar-refractivity contribution in [3.05, 3.63) is 65.2 Å². The van der Waals surface area contributed by atoms with Crippen molar-refractivity contribution < 1.29 is 22.0 Å². The van der Waals surface area contributed by atoms with Crippen LogP contribution < -0.4 is 0 Å². The summed E-state index contributed by atoms with van der Waals surface area (Å²) in [6.07, 6.45) is 0.752. The van der Waals surface area contributed by atoms with Crippen molar-refractivity contribution in [1.29, 1.82) is 5.26 Å². The Bertz CT molecular complexity index is 1040. The maximum Gasteiger partial charge on any atom is 0.243 e. The fourth-order valence-electron chi connectivity index (χ4n) is 2.79. The molecule has 1 saturated heterocycles. The molecule has 1 heterocycles. The Morgan fingerprint density at radius 1 is 1.11 bits per heavy atom. The van der Waals surface area contributed by atoms with E-state index in [4.69, 9.17) is 10.1 Å². The highest BCUT2D eigenvalue weighted by atomic mass is 32.2. The van der Waals surface area contributed by atoms with Crippen LogP contribution in [0.2, 0.25) is 0 Å². The second-order valence-electron chi connectivity index (χ2n) is 6.22. The van der Waals surface area contributed by atoms with E-state index in [1.807, 2.05) is 12.1 Å². The van der Waals surface area contributed by atoms with Gasteiger partial charge in [-0.2, -0.15) is 9.57 Å². The first-order valence-corrected chi connectivity index (χ1v) is 9.96. The molecule has 0 bridgehead atoms. The van der Waals surface area contributed by atoms with Crippen LogP contribution in [0.1, 0.15) is 24.0 Å². The maximum absolute atomic E-state index is 13.4. The standard InChI is InChI=1S/C19H17F2N3O3S/c20-18-5-4-17(11-19(18)21)28(25,26)24-8-6-16(7-9-24)23-27-13-15-3-1-2-14(10-15)12-22/h1-5,10-11H,6-9,13H2. The molecule has 0 aliphatic carbocycles. The summed E-state index contributed by atoms with van der Waals surface area (Å²) in [5.41, 5.74) is 2.06. The molecule has 0 saturated carbocycles. The zero-order valence-electron chi connectivity index (χ0n) is 14.8. The molecule has 9 heteroatoms. The van der Waals surface area contributed by atoms with E-state index >= 15 is 0 Å². The summed E-state index contributed by atoms with van der Waals surface area (Å²) in [4.78, 5) is 5.04. The van der Waals surface area contributed by atoms with E-state index < -0.39 is 21.7 Å². The third-order valence-electron chi connectivity index (χ3n) is 4.31. The van der Waals surface area contributed by atoms with Crippen molar-refractivity contribution in [3.63, 3.8) is 0 Å². The van der Waals surface area contributed by atoms with Gasteiger partial charge < -0.3 is 4.84 Å². The Labute approximate surface area is 161 Å². The third-order valence-corrected chi connectivity index (χ3v) is 6.20. The minimum Gasteiger partial charge on any atom is -0.391 e. The van der Waals surface area contributed by atoms with Gasteiger partial charge in [0, 0.05) is 25.9 Å². The Morgan fingerprint density at radius 3 is 2.54 bits per heavy atom. The SMILES string of the molecule is N#Cc1cccc(CON=C2CCN(S(=O)(=O)c3ccc(F)c(F)c3)CC2)c1. The molecule has 1 fully saturated rings. The number of piperidine rings is 1. The van der Waals surface area contributed by atoms with Crippen LogP contribution in [0.15, 0.2) is 52.5 Å². The molecule has 1 aliphatic heterocycles. The number of nitriles is 1. The molecule has 1 aliphatic rings. The van der Waals surface area contributed by atoms with Gasteiger partial charge in [0.05, 0.1) is 22.2 Å². The maximum atomic E-state index is 13.4. The average molecular weight is 405 g/mol. The molecule has 2 aromatic rings. The highest BCUT2D eigenvalue weighted by Gasteiger charge is 2.28. The van der Waals surface area contributed by atoms with Crippen molar-refractivity contribution in [1.82, 2.24) is 4.31 Å². The highest BCUT2D eigenvalue weighted by molar-refractivity contribution is 7.89. The molecular weight excluding hydrogens is 388 g/mol. The lowest BCUT2D eigenvalue weighted by molar-refractivity contribution is 0.128. The fourth-order valence-corrected chi connectivity index (χ4v) is 4.24. The van der Waals surface area contributed by atoms with Crippen LogP contribution in [0.5, 0.6) is 0 Å². The van der Waals surface area contributed by atoms with Crippen LogP contribution in [-0.4, -0.2) is 31.5 Å². The van der Waals surface area contributed by atoms with Crippen molar-refractivity contribution in [2.45, 2.75) is 24.3 Å². The highest BCUT2D eigenvalue weighted by Crippen LogP contribution is 2.21. The van der Waals surface area contributed by atoms with Crippen LogP contribution in [0.3, 0.4) is 0 Å². The summed E-state index contributed by atoms with van der Waals surface area (Å²) in [5, 5.41) is 12.9. The number of benzene rings is 2. The minimum absolute atomic E-state index is 0.174. The quantitative estimate of drug-likeness (QED) is 0.716. The number of nitrogens with zero attached hydrogens (tertiary/aromatic N) is 3. The molecule has 2 aromatic carbocycles. The van der Waals surface area contributed by atoms with Gasteiger partial charge >= 0.3 is 0 Å². The number of hydrogen-bond acceptors (Lipinski definition) is 5. The van der Waals surface area contributed by atoms with Gasteiger partial charge in [0.2, 0.25) is 10.0 Å². The Morgan fingerprint density at radius 2 is 1.86 bits per heavy atom. The van der Waals surface area contributed by atoms with E-state index in [1.54, 1.807) is 18.2 Å². The number of oxime groups is 1. The molecular formula is C19H17F2N3O3S. The first kappa shape index (κ1) is 19.9. The summed E-state index contributed by atoms with van der Waals surface area (Å²) in [7, 11) is -3.90. The molecule has 0 spiro atoms. The largest absolute Gasteiger partial charge is 0.391 e. The van der Waals surface area contributed by atoms with Gasteiger partial charge in [0.15, 0.2) is 11.6 Å². The fraction of sp³-hybridized carbons (Fsp3) is 0.263. The zero-order valence-corrected chi connectivity index (χ0v) is 15.6. The van der Waals surface area contributed by atoms with E-state index in [0.717, 1.165) is 17.7 Å². The summed E-state index contributed by atoms with van der Waals surface area (Å²) in [6, 6.07) is 11.6. The second kappa shape index (κ2) is 8.46. The molecule has 0 atom stereocenters. The lowest BCUT2D eigenvalue weighted by Crippen LogP contribution is -2.38. The van der Waals surface area contributed by atoms with Crippen molar-refractivity contribution in [3.8, 4) is 6.07 Å². The van der Waals surface area contributed by atoms with Crippen molar-refractivity contribution in [2.75, 3.05) is 13.1 Å². The normalized spacial score (nSPS) is 15.1. The van der Waals surface area contributed by atoms with Crippen LogP contribution in [0.25, 0.3) is 0 Å². The van der Waals surface area contributed by atoms with E-state index in [9.17, 15) is 17.2 Å². The summed E-state index contributed by atoms with van der Waals surface area (Å²) in [6.45, 7) is 0.552. The average Bonchev–Trinajstić information content (AvgIpc) is 2.70. The topological polar surface area (TPSA) is 82.8 Å². The van der Waals surface area contributed by atoms with Crippen molar-refractivity contribution >= 4 is 15.7 Å². The lowest BCUT2D eigenvalue weighted by atomic mass is 10.1. The molecule has 0 amide bonds. The van der Waals surface area contributed by atoms with Crippen LogP contribution in [0, 0.1) is 23.0 Å². The Kier molecular flexibility index (Phi) is 6.02. The molecule has 3 rings (SSSR count). The number of hydrogen-bond donors (Lipinski definition) is 0. The molecule has 6 nitrogen and oxygen atoms in total. The number of sulfonamides is 1. The smallest absolute Gasteiger partial charge is 0.243 e. The predicted molar refractivity (Wildman–Crippen MR) is 97.7 cm³/mol. The van der Waals surface area contributed by atoms with Gasteiger partial charge in [-0.05, 0) is 35.9 Å². The number of halogens is 2. The second-order valence-corrected chi connectivity index (χ2v) is 8.16. The molecule has 0 unspecified atom stereocenters. The van der Waals surface area contributed by atoms with Crippen LogP contribution in [-0.2, 0) is 21.5 Å². The minimum atomic E-state index is -3.90. The van der Waals surface area contributed by atoms with E-state index in [1.165, 1.54) is 4.31 Å². The lowest BCUT2D eigenvalue weighted by Gasteiger charge is -2.26. The van der Waals surface area contributed by atoms with Gasteiger partial charge in [-0.1, -0.05) is 17.3 Å². The van der Waals surface area contributed by atoms with Gasteiger partial charge in [0.1, 0.15) is 6.61 Å². The Hall–Kier alpha value is -2.83. The third kappa shape index (κ3) is 4.52. The van der Waals surface area contributed by atoms with Crippen LogP contribution >= 0.6 is 0 Å². The Balaban J connectivity index is 1.58. The molecule has 28 heavy (non-hydrogen) atoms. The summed E-state index contributed by atoms with van der Waals surface area (Å²) < 4.78 is 52.7. The van der Waals surface area contributed by atoms with E-state index in [0.29, 0.717) is 30.2 Å². The molecule has 146 valence electrons. The predicted octanol–water partition coefficient (Wildman–Crippen LogP) is 3.19. The summed E-state index contributed by atoms with van der Waals surface area (Å²) in [5.74, 6) is -2.29. The van der Waals surface area contributed by atoms with Gasteiger partial charge in [-0.15, -0.1) is 0 Å². The first-order chi connectivity index (χ1) is 13.4. The molecule has 0 radical (unpaired) electrons. The first-order valence-electron chi connectivity index (χ1n) is 8.52. The molecule has 0 aromatic heterocycles. The zero-order chi connectivity index (χ0) is 20.1. The van der Waals surface area contributed by atoms with Crippen LogP contribution in [0.4, 0.5) is 8.78 Å². The van der Waals surface area contributed by atoms with Gasteiger partial charge in [-0.25, -0.2) is 17.2 Å². The van der Waals surface area contributed by atoms with E-state index in [2.05, 4.69) is 5.16 Å². The monoisotopic (exact) mass is 405 g/mol. The molecule has 0 N–H and O–H groups in total. The number of rotatable bonds is 5. The summed E-state index contributed by atoms with van der Waals surface area (Å²) >= 11 is 0. The van der Waals surface area contributed by atoms with Gasteiger partial charge in [-0.3, -0.25) is 0 Å².